The standard InChI is InChI=1S/C16H18BrF3O/c1-4-12(10-6-5-7-11(17)8-10)13-9-14(2,3)15(13,21)16(18,19)20/h5-8,21H,4,9H2,1-3H3/b13-12-/t15-/m0/s1. The summed E-state index contributed by atoms with van der Waals surface area (Å²) in [6, 6.07) is 7.17. The lowest BCUT2D eigenvalue weighted by atomic mass is 9.53. The highest BCUT2D eigenvalue weighted by molar-refractivity contribution is 9.10. The van der Waals surface area contributed by atoms with Crippen molar-refractivity contribution in [2.75, 3.05) is 0 Å². The van der Waals surface area contributed by atoms with E-state index in [1.165, 1.54) is 13.8 Å². The van der Waals surface area contributed by atoms with Crippen molar-refractivity contribution in [1.29, 1.82) is 0 Å². The average Bonchev–Trinajstić information content (AvgIpc) is 2.36. The first-order chi connectivity index (χ1) is 9.54. The van der Waals surface area contributed by atoms with Gasteiger partial charge in [-0.2, -0.15) is 13.2 Å². The summed E-state index contributed by atoms with van der Waals surface area (Å²) >= 11 is 3.33. The smallest absolute Gasteiger partial charge is 0.376 e. The maximum absolute atomic E-state index is 13.4. The molecule has 0 heterocycles. The van der Waals surface area contributed by atoms with Gasteiger partial charge in [-0.05, 0) is 41.7 Å². The first-order valence-corrected chi connectivity index (χ1v) is 7.61. The van der Waals surface area contributed by atoms with Crippen LogP contribution >= 0.6 is 15.9 Å². The number of allylic oxidation sites excluding steroid dienone is 1. The number of alkyl halides is 3. The van der Waals surface area contributed by atoms with Crippen LogP contribution in [0.25, 0.3) is 5.57 Å². The first-order valence-electron chi connectivity index (χ1n) is 6.82. The molecule has 0 spiro atoms. The number of hydrogen-bond donors (Lipinski definition) is 1. The monoisotopic (exact) mass is 362 g/mol. The summed E-state index contributed by atoms with van der Waals surface area (Å²) in [5, 5.41) is 10.4. The maximum Gasteiger partial charge on any atom is 0.421 e. The summed E-state index contributed by atoms with van der Waals surface area (Å²) in [7, 11) is 0. The third-order valence-corrected chi connectivity index (χ3v) is 4.83. The predicted octanol–water partition coefficient (Wildman–Crippen LogP) is 5.34. The number of rotatable bonds is 2. The van der Waals surface area contributed by atoms with Crippen LogP contribution in [0.3, 0.4) is 0 Å². The van der Waals surface area contributed by atoms with Crippen LogP contribution in [0, 0.1) is 5.41 Å². The quantitative estimate of drug-likeness (QED) is 0.753. The molecule has 0 unspecified atom stereocenters. The van der Waals surface area contributed by atoms with Crippen molar-refractivity contribution >= 4 is 21.5 Å². The van der Waals surface area contributed by atoms with Gasteiger partial charge < -0.3 is 5.11 Å². The van der Waals surface area contributed by atoms with Crippen LogP contribution in [0.1, 0.15) is 39.2 Å². The number of halogens is 4. The Bertz CT molecular complexity index is 577. The van der Waals surface area contributed by atoms with Crippen molar-refractivity contribution in [3.05, 3.63) is 39.9 Å². The van der Waals surface area contributed by atoms with Crippen molar-refractivity contribution in [2.45, 2.75) is 45.4 Å². The van der Waals surface area contributed by atoms with E-state index in [1.807, 2.05) is 13.0 Å². The fourth-order valence-corrected chi connectivity index (χ4v) is 3.55. The van der Waals surface area contributed by atoms with Crippen molar-refractivity contribution in [3.63, 3.8) is 0 Å². The van der Waals surface area contributed by atoms with Crippen LogP contribution < -0.4 is 0 Å². The molecular weight excluding hydrogens is 345 g/mol. The van der Waals surface area contributed by atoms with Crippen LogP contribution in [0.2, 0.25) is 0 Å². The van der Waals surface area contributed by atoms with Gasteiger partial charge in [0.05, 0.1) is 0 Å². The highest BCUT2D eigenvalue weighted by Gasteiger charge is 2.71. The minimum absolute atomic E-state index is 0.0978. The summed E-state index contributed by atoms with van der Waals surface area (Å²) < 4.78 is 41.1. The summed E-state index contributed by atoms with van der Waals surface area (Å²) in [6.45, 7) is 4.72. The molecule has 0 radical (unpaired) electrons. The van der Waals surface area contributed by atoms with Crippen molar-refractivity contribution in [2.24, 2.45) is 5.41 Å². The molecule has 5 heteroatoms. The van der Waals surface area contributed by atoms with Crippen LogP contribution in [0.5, 0.6) is 0 Å². The molecule has 1 aliphatic carbocycles. The van der Waals surface area contributed by atoms with E-state index in [-0.39, 0.29) is 12.0 Å². The Morgan fingerprint density at radius 3 is 2.38 bits per heavy atom. The Balaban J connectivity index is 2.61. The molecule has 1 nitrogen and oxygen atoms in total. The fraction of sp³-hybridized carbons (Fsp3) is 0.500. The molecular formula is C16H18BrF3O. The van der Waals surface area contributed by atoms with Crippen LogP contribution in [-0.4, -0.2) is 16.9 Å². The zero-order valence-corrected chi connectivity index (χ0v) is 13.8. The molecule has 1 aromatic carbocycles. The molecule has 1 fully saturated rings. The first kappa shape index (κ1) is 16.6. The number of benzene rings is 1. The molecule has 1 aliphatic rings. The minimum atomic E-state index is -4.67. The lowest BCUT2D eigenvalue weighted by molar-refractivity contribution is -0.303. The van der Waals surface area contributed by atoms with Gasteiger partial charge in [-0.25, -0.2) is 0 Å². The SMILES string of the molecule is CC/C(=C1\CC(C)(C)[C@]1(O)C(F)(F)F)c1cccc(Br)c1. The topological polar surface area (TPSA) is 20.2 Å². The molecule has 0 aliphatic heterocycles. The van der Waals surface area contributed by atoms with E-state index >= 15 is 0 Å². The lowest BCUT2D eigenvalue weighted by Crippen LogP contribution is -2.65. The van der Waals surface area contributed by atoms with Crippen LogP contribution in [0.4, 0.5) is 13.2 Å². The van der Waals surface area contributed by atoms with E-state index in [0.29, 0.717) is 12.0 Å². The Morgan fingerprint density at radius 2 is 1.95 bits per heavy atom. The summed E-state index contributed by atoms with van der Waals surface area (Å²) in [4.78, 5) is 0. The minimum Gasteiger partial charge on any atom is -0.376 e. The van der Waals surface area contributed by atoms with Gasteiger partial charge in [-0.1, -0.05) is 48.8 Å². The van der Waals surface area contributed by atoms with Gasteiger partial charge in [0.15, 0.2) is 5.60 Å². The summed E-state index contributed by atoms with van der Waals surface area (Å²) in [6.07, 6.45) is -3.98. The van der Waals surface area contributed by atoms with Gasteiger partial charge in [0.2, 0.25) is 0 Å². The Morgan fingerprint density at radius 1 is 1.33 bits per heavy atom. The van der Waals surface area contributed by atoms with Gasteiger partial charge in [0, 0.05) is 9.89 Å². The molecule has 1 aromatic rings. The van der Waals surface area contributed by atoms with Gasteiger partial charge in [0.1, 0.15) is 0 Å². The van der Waals surface area contributed by atoms with E-state index in [9.17, 15) is 18.3 Å². The Hall–Kier alpha value is -0.810. The predicted molar refractivity (Wildman–Crippen MR) is 80.8 cm³/mol. The highest BCUT2D eigenvalue weighted by Crippen LogP contribution is 2.62. The zero-order valence-electron chi connectivity index (χ0n) is 12.2. The van der Waals surface area contributed by atoms with E-state index < -0.39 is 17.2 Å². The van der Waals surface area contributed by atoms with E-state index in [1.54, 1.807) is 18.2 Å². The van der Waals surface area contributed by atoms with Gasteiger partial charge >= 0.3 is 6.18 Å². The van der Waals surface area contributed by atoms with E-state index in [2.05, 4.69) is 15.9 Å². The average molecular weight is 363 g/mol. The third kappa shape index (κ3) is 2.44. The molecule has 1 atom stereocenters. The van der Waals surface area contributed by atoms with Gasteiger partial charge in [0.25, 0.3) is 0 Å². The summed E-state index contributed by atoms with van der Waals surface area (Å²) in [5.41, 5.74) is -2.54. The Kier molecular flexibility index (Phi) is 4.04. The third-order valence-electron chi connectivity index (χ3n) is 4.34. The van der Waals surface area contributed by atoms with E-state index in [0.717, 1.165) is 10.0 Å². The van der Waals surface area contributed by atoms with Crippen molar-refractivity contribution in [1.82, 2.24) is 0 Å². The lowest BCUT2D eigenvalue weighted by Gasteiger charge is -2.55. The molecule has 1 saturated carbocycles. The van der Waals surface area contributed by atoms with E-state index in [4.69, 9.17) is 0 Å². The van der Waals surface area contributed by atoms with Crippen LogP contribution in [0.15, 0.2) is 34.3 Å². The molecule has 116 valence electrons. The second-order valence-electron chi connectivity index (χ2n) is 6.09. The largest absolute Gasteiger partial charge is 0.421 e. The van der Waals surface area contributed by atoms with Gasteiger partial charge in [-0.15, -0.1) is 0 Å². The van der Waals surface area contributed by atoms with Crippen LogP contribution in [-0.2, 0) is 0 Å². The molecule has 0 bridgehead atoms. The number of aliphatic hydroxyl groups is 1. The molecule has 0 saturated heterocycles. The molecule has 2 rings (SSSR count). The number of hydrogen-bond acceptors (Lipinski definition) is 1. The Labute approximate surface area is 131 Å². The second kappa shape index (κ2) is 5.13. The van der Waals surface area contributed by atoms with Gasteiger partial charge in [-0.3, -0.25) is 0 Å². The summed E-state index contributed by atoms with van der Waals surface area (Å²) in [5.74, 6) is 0. The molecule has 0 aromatic heterocycles. The molecule has 1 N–H and O–H groups in total. The fourth-order valence-electron chi connectivity index (χ4n) is 3.15. The van der Waals surface area contributed by atoms with Crippen molar-refractivity contribution < 1.29 is 18.3 Å². The highest BCUT2D eigenvalue weighted by atomic mass is 79.9. The maximum atomic E-state index is 13.4. The second-order valence-corrected chi connectivity index (χ2v) is 7.01. The molecule has 0 amide bonds. The van der Waals surface area contributed by atoms with Crippen molar-refractivity contribution in [3.8, 4) is 0 Å². The zero-order chi connectivity index (χ0) is 16.1. The normalized spacial score (nSPS) is 27.2. The molecule has 21 heavy (non-hydrogen) atoms.